The fourth-order valence-electron chi connectivity index (χ4n) is 4.46. The maximum atomic E-state index is 13.6. The molecule has 6 nitrogen and oxygen atoms in total. The number of halogens is 3. The van der Waals surface area contributed by atoms with Crippen molar-refractivity contribution in [1.29, 1.82) is 0 Å². The number of fused-ring (bicyclic) bond motifs is 2. The van der Waals surface area contributed by atoms with E-state index in [1.807, 2.05) is 35.9 Å². The van der Waals surface area contributed by atoms with Crippen LogP contribution in [0.15, 0.2) is 73.1 Å². The summed E-state index contributed by atoms with van der Waals surface area (Å²) in [4.78, 5) is 18.1. The van der Waals surface area contributed by atoms with Gasteiger partial charge in [-0.25, -0.2) is 0 Å². The number of hydrogen-bond donors (Lipinski definition) is 1. The lowest BCUT2D eigenvalue weighted by molar-refractivity contribution is -0.274. The van der Waals surface area contributed by atoms with Crippen LogP contribution in [-0.4, -0.2) is 28.4 Å². The molecule has 1 N–H and O–H groups in total. The van der Waals surface area contributed by atoms with Gasteiger partial charge in [0.05, 0.1) is 12.2 Å². The molecule has 0 saturated heterocycles. The summed E-state index contributed by atoms with van der Waals surface area (Å²) in [5.74, 6) is -0.173. The summed E-state index contributed by atoms with van der Waals surface area (Å²) < 4.78 is 49.6. The second kappa shape index (κ2) is 8.09. The Hall–Kier alpha value is -4.01. The summed E-state index contributed by atoms with van der Waals surface area (Å²) >= 11 is 0. The van der Waals surface area contributed by atoms with Crippen LogP contribution in [0.4, 0.5) is 13.2 Å². The number of alkyl halides is 3. The molecule has 0 radical (unpaired) electrons. The van der Waals surface area contributed by atoms with Gasteiger partial charge in [-0.3, -0.25) is 9.78 Å². The van der Waals surface area contributed by atoms with Gasteiger partial charge in [-0.05, 0) is 35.9 Å². The second-order valence-electron chi connectivity index (χ2n) is 8.05. The first kappa shape index (κ1) is 21.8. The van der Waals surface area contributed by atoms with E-state index in [-0.39, 0.29) is 18.3 Å². The van der Waals surface area contributed by atoms with Gasteiger partial charge in [0, 0.05) is 36.8 Å². The Kier molecular flexibility index (Phi) is 5.19. The molecule has 9 heteroatoms. The molecular weight excluding hydrogens is 447 g/mol. The van der Waals surface area contributed by atoms with E-state index < -0.39 is 11.9 Å². The average Bonchev–Trinajstić information content (AvgIpc) is 3.16. The first-order valence-electron chi connectivity index (χ1n) is 10.6. The molecule has 0 bridgehead atoms. The quantitative estimate of drug-likeness (QED) is 0.462. The van der Waals surface area contributed by atoms with Crippen molar-refractivity contribution in [2.75, 3.05) is 6.61 Å². The highest BCUT2D eigenvalue weighted by molar-refractivity contribution is 6.07. The SMILES string of the molecule is Cn1cc(C(=O)N[C@]2(c3ccc(OC(F)(F)F)cc3)CCOc3cccnc32)c2ccccc21. The standard InChI is InChI=1S/C25H20F3N3O3/c1-31-15-19(18-5-2-3-6-20(18)31)23(32)30-24(12-14-33-21-7-4-13-29-22(21)24)16-8-10-17(11-9-16)34-25(26,27)28/h2-11,13,15H,12,14H2,1H3,(H,30,32)/t24-/m0/s1. The third-order valence-electron chi connectivity index (χ3n) is 5.96. The smallest absolute Gasteiger partial charge is 0.491 e. The molecule has 1 atom stereocenters. The van der Waals surface area contributed by atoms with Gasteiger partial charge in [0.1, 0.15) is 22.7 Å². The molecule has 34 heavy (non-hydrogen) atoms. The van der Waals surface area contributed by atoms with E-state index in [1.165, 1.54) is 24.3 Å². The predicted molar refractivity (Wildman–Crippen MR) is 119 cm³/mol. The van der Waals surface area contributed by atoms with Crippen molar-refractivity contribution in [3.05, 3.63) is 89.9 Å². The largest absolute Gasteiger partial charge is 0.573 e. The summed E-state index contributed by atoms with van der Waals surface area (Å²) in [6.07, 6.45) is -1.11. The van der Waals surface area contributed by atoms with E-state index in [0.29, 0.717) is 29.0 Å². The molecule has 0 spiro atoms. The van der Waals surface area contributed by atoms with Gasteiger partial charge < -0.3 is 19.4 Å². The monoisotopic (exact) mass is 467 g/mol. The molecule has 0 fully saturated rings. The summed E-state index contributed by atoms with van der Waals surface area (Å²) in [6, 6.07) is 16.5. The topological polar surface area (TPSA) is 65.4 Å². The van der Waals surface area contributed by atoms with Gasteiger partial charge in [0.15, 0.2) is 0 Å². The highest BCUT2D eigenvalue weighted by Crippen LogP contribution is 2.41. The molecule has 0 saturated carbocycles. The number of nitrogens with zero attached hydrogens (tertiary/aromatic N) is 2. The summed E-state index contributed by atoms with van der Waals surface area (Å²) in [7, 11) is 1.86. The van der Waals surface area contributed by atoms with Gasteiger partial charge in [-0.1, -0.05) is 30.3 Å². The van der Waals surface area contributed by atoms with Crippen LogP contribution >= 0.6 is 0 Å². The number of aromatic nitrogens is 2. The van der Waals surface area contributed by atoms with Crippen molar-refractivity contribution in [1.82, 2.24) is 14.9 Å². The van der Waals surface area contributed by atoms with Crippen LogP contribution in [0.2, 0.25) is 0 Å². The number of benzene rings is 2. The zero-order valence-corrected chi connectivity index (χ0v) is 18.1. The van der Waals surface area contributed by atoms with Crippen molar-refractivity contribution in [3.8, 4) is 11.5 Å². The second-order valence-corrected chi connectivity index (χ2v) is 8.05. The van der Waals surface area contributed by atoms with Crippen LogP contribution in [0, 0.1) is 0 Å². The average molecular weight is 467 g/mol. The maximum Gasteiger partial charge on any atom is 0.573 e. The molecule has 1 aliphatic rings. The number of para-hydroxylation sites is 1. The summed E-state index contributed by atoms with van der Waals surface area (Å²) in [5.41, 5.74) is 1.33. The van der Waals surface area contributed by atoms with Gasteiger partial charge in [0.2, 0.25) is 0 Å². The number of pyridine rings is 1. The van der Waals surface area contributed by atoms with Crippen LogP contribution in [0.25, 0.3) is 10.9 Å². The van der Waals surface area contributed by atoms with E-state index in [2.05, 4.69) is 15.0 Å². The zero-order chi connectivity index (χ0) is 23.9. The lowest BCUT2D eigenvalue weighted by Gasteiger charge is -2.39. The van der Waals surface area contributed by atoms with Crippen molar-refractivity contribution in [2.45, 2.75) is 18.3 Å². The first-order chi connectivity index (χ1) is 16.3. The van der Waals surface area contributed by atoms with E-state index in [1.54, 1.807) is 24.5 Å². The van der Waals surface area contributed by atoms with Gasteiger partial charge in [-0.15, -0.1) is 13.2 Å². The van der Waals surface area contributed by atoms with Crippen LogP contribution in [0.3, 0.4) is 0 Å². The Labute approximate surface area is 192 Å². The van der Waals surface area contributed by atoms with Crippen molar-refractivity contribution < 1.29 is 27.4 Å². The van der Waals surface area contributed by atoms with Crippen LogP contribution in [0.5, 0.6) is 11.5 Å². The molecule has 1 aliphatic heterocycles. The Balaban J connectivity index is 1.60. The summed E-state index contributed by atoms with van der Waals surface area (Å²) in [6.45, 7) is 0.287. The van der Waals surface area contributed by atoms with Crippen LogP contribution in [-0.2, 0) is 12.6 Å². The van der Waals surface area contributed by atoms with Gasteiger partial charge in [-0.2, -0.15) is 0 Å². The normalized spacial score (nSPS) is 17.6. The molecule has 2 aromatic carbocycles. The zero-order valence-electron chi connectivity index (χ0n) is 18.1. The van der Waals surface area contributed by atoms with Crippen LogP contribution in [0.1, 0.15) is 28.0 Å². The van der Waals surface area contributed by atoms with E-state index >= 15 is 0 Å². The lowest BCUT2D eigenvalue weighted by atomic mass is 9.81. The third kappa shape index (κ3) is 3.83. The number of amides is 1. The molecule has 3 heterocycles. The number of aryl methyl sites for hydroxylation is 1. The highest BCUT2D eigenvalue weighted by atomic mass is 19.4. The Morgan fingerprint density at radius 1 is 1.12 bits per heavy atom. The van der Waals surface area contributed by atoms with E-state index in [0.717, 1.165) is 10.9 Å². The van der Waals surface area contributed by atoms with E-state index in [9.17, 15) is 18.0 Å². The predicted octanol–water partition coefficient (Wildman–Crippen LogP) is 4.93. The fourth-order valence-corrected chi connectivity index (χ4v) is 4.46. The summed E-state index contributed by atoms with van der Waals surface area (Å²) in [5, 5.41) is 3.93. The van der Waals surface area contributed by atoms with Gasteiger partial charge in [0.25, 0.3) is 5.91 Å². The Morgan fingerprint density at radius 3 is 2.65 bits per heavy atom. The highest BCUT2D eigenvalue weighted by Gasteiger charge is 2.43. The number of carbonyl (C=O) groups excluding carboxylic acids is 1. The first-order valence-corrected chi connectivity index (χ1v) is 10.6. The van der Waals surface area contributed by atoms with Gasteiger partial charge >= 0.3 is 6.36 Å². The number of ether oxygens (including phenoxy) is 2. The minimum absolute atomic E-state index is 0.287. The minimum atomic E-state index is -4.80. The molecule has 0 aliphatic carbocycles. The number of rotatable bonds is 4. The number of hydrogen-bond acceptors (Lipinski definition) is 4. The molecule has 4 aromatic rings. The van der Waals surface area contributed by atoms with Crippen molar-refractivity contribution in [3.63, 3.8) is 0 Å². The van der Waals surface area contributed by atoms with Crippen molar-refractivity contribution in [2.24, 2.45) is 7.05 Å². The third-order valence-corrected chi connectivity index (χ3v) is 5.96. The minimum Gasteiger partial charge on any atom is -0.491 e. The number of nitrogens with one attached hydrogen (secondary N) is 1. The molecule has 2 aromatic heterocycles. The van der Waals surface area contributed by atoms with Crippen molar-refractivity contribution >= 4 is 16.8 Å². The molecular formula is C25H20F3N3O3. The molecule has 5 rings (SSSR count). The lowest BCUT2D eigenvalue weighted by Crippen LogP contribution is -2.50. The molecule has 1 amide bonds. The Bertz CT molecular complexity index is 1370. The fraction of sp³-hybridized carbons (Fsp3) is 0.200. The Morgan fingerprint density at radius 2 is 1.88 bits per heavy atom. The number of carbonyl (C=O) groups is 1. The van der Waals surface area contributed by atoms with E-state index in [4.69, 9.17) is 4.74 Å². The molecule has 174 valence electrons. The maximum absolute atomic E-state index is 13.6. The van der Waals surface area contributed by atoms with Crippen LogP contribution < -0.4 is 14.8 Å². The molecule has 0 unspecified atom stereocenters.